The fourth-order valence-electron chi connectivity index (χ4n) is 2.33. The van der Waals surface area contributed by atoms with Crippen molar-refractivity contribution in [1.29, 1.82) is 0 Å². The van der Waals surface area contributed by atoms with Gasteiger partial charge in [0.05, 0.1) is 7.11 Å². The largest absolute Gasteiger partial charge is 0.497 e. The van der Waals surface area contributed by atoms with Gasteiger partial charge in [-0.05, 0) is 35.4 Å². The van der Waals surface area contributed by atoms with Crippen LogP contribution in [0.4, 0.5) is 0 Å². The number of methoxy groups -OCH3 is 1. The molecule has 7 heteroatoms. The molecule has 3 aromatic rings. The molecule has 0 radical (unpaired) electrons. The molecule has 4 nitrogen and oxygen atoms in total. The van der Waals surface area contributed by atoms with Gasteiger partial charge in [0.2, 0.25) is 0 Å². The first-order valence-electron chi connectivity index (χ1n) is 7.64. The lowest BCUT2D eigenvalue weighted by Gasteiger charge is -2.06. The van der Waals surface area contributed by atoms with Crippen LogP contribution in [0.15, 0.2) is 47.6 Å². The van der Waals surface area contributed by atoms with E-state index in [2.05, 4.69) is 10.2 Å². The molecule has 0 atom stereocenters. The van der Waals surface area contributed by atoms with Crippen molar-refractivity contribution in [1.82, 2.24) is 14.8 Å². The van der Waals surface area contributed by atoms with Gasteiger partial charge in [0.15, 0.2) is 5.16 Å². The highest BCUT2D eigenvalue weighted by molar-refractivity contribution is 7.98. The van der Waals surface area contributed by atoms with Gasteiger partial charge in [-0.25, -0.2) is 0 Å². The third-order valence-corrected chi connectivity index (χ3v) is 5.47. The number of benzene rings is 2. The molecule has 0 saturated carbocycles. The van der Waals surface area contributed by atoms with E-state index < -0.39 is 0 Å². The molecule has 0 N–H and O–H groups in total. The minimum atomic E-state index is 0.638. The van der Waals surface area contributed by atoms with Gasteiger partial charge in [-0.2, -0.15) is 0 Å². The maximum absolute atomic E-state index is 6.22. The van der Waals surface area contributed by atoms with E-state index in [1.807, 2.05) is 48.0 Å². The lowest BCUT2D eigenvalue weighted by atomic mass is 10.1. The van der Waals surface area contributed by atoms with Crippen molar-refractivity contribution in [2.75, 3.05) is 7.11 Å². The predicted molar refractivity (Wildman–Crippen MR) is 103 cm³/mol. The molecule has 0 unspecified atom stereocenters. The quantitative estimate of drug-likeness (QED) is 0.551. The van der Waals surface area contributed by atoms with Crippen molar-refractivity contribution >= 4 is 35.0 Å². The fourth-order valence-corrected chi connectivity index (χ4v) is 3.82. The van der Waals surface area contributed by atoms with Gasteiger partial charge in [-0.1, -0.05) is 53.2 Å². The molecular formula is C18H17Cl2N3OS. The molecule has 0 spiro atoms. The van der Waals surface area contributed by atoms with E-state index in [1.54, 1.807) is 24.9 Å². The Morgan fingerprint density at radius 2 is 1.84 bits per heavy atom. The molecule has 1 heterocycles. The highest BCUT2D eigenvalue weighted by Crippen LogP contribution is 2.28. The topological polar surface area (TPSA) is 39.9 Å². The third-order valence-electron chi connectivity index (χ3n) is 3.82. The van der Waals surface area contributed by atoms with Gasteiger partial charge in [0.25, 0.3) is 0 Å². The summed E-state index contributed by atoms with van der Waals surface area (Å²) < 4.78 is 7.20. The molecule has 0 saturated heterocycles. The van der Waals surface area contributed by atoms with E-state index in [1.165, 1.54) is 0 Å². The Hall–Kier alpha value is -1.69. The summed E-state index contributed by atoms with van der Waals surface area (Å²) in [6.45, 7) is 0. The normalized spacial score (nSPS) is 10.9. The summed E-state index contributed by atoms with van der Waals surface area (Å²) in [7, 11) is 3.64. The number of thioether (sulfide) groups is 1. The average Bonchev–Trinajstić information content (AvgIpc) is 2.95. The van der Waals surface area contributed by atoms with Gasteiger partial charge in [0.1, 0.15) is 11.6 Å². The van der Waals surface area contributed by atoms with Crippen LogP contribution in [0.25, 0.3) is 0 Å². The molecule has 1 aromatic heterocycles. The Morgan fingerprint density at radius 1 is 1.08 bits per heavy atom. The van der Waals surface area contributed by atoms with Gasteiger partial charge in [0, 0.05) is 29.3 Å². The number of ether oxygens (including phenoxy) is 1. The summed E-state index contributed by atoms with van der Waals surface area (Å²) in [5.41, 5.74) is 2.18. The molecule has 3 rings (SSSR count). The highest BCUT2D eigenvalue weighted by atomic mass is 35.5. The Balaban J connectivity index is 1.68. The van der Waals surface area contributed by atoms with Crippen molar-refractivity contribution in [3.63, 3.8) is 0 Å². The van der Waals surface area contributed by atoms with Crippen LogP contribution in [0, 0.1) is 0 Å². The lowest BCUT2D eigenvalue weighted by Crippen LogP contribution is -2.00. The summed E-state index contributed by atoms with van der Waals surface area (Å²) >= 11 is 13.8. The van der Waals surface area contributed by atoms with Crippen LogP contribution >= 0.6 is 35.0 Å². The molecule has 0 aliphatic rings. The molecule has 0 amide bonds. The number of hydrogen-bond acceptors (Lipinski definition) is 4. The zero-order valence-electron chi connectivity index (χ0n) is 13.9. The van der Waals surface area contributed by atoms with Crippen LogP contribution in [0.2, 0.25) is 10.0 Å². The van der Waals surface area contributed by atoms with Crippen LogP contribution in [0.1, 0.15) is 17.0 Å². The van der Waals surface area contributed by atoms with E-state index in [-0.39, 0.29) is 0 Å². The predicted octanol–water partition coefficient (Wildman–Crippen LogP) is 5.01. The SMILES string of the molecule is COc1ccc(Cc2nnc(SCc3ccc(Cl)cc3Cl)n2C)cc1. The van der Waals surface area contributed by atoms with Crippen LogP contribution in [-0.2, 0) is 19.2 Å². The van der Waals surface area contributed by atoms with Gasteiger partial charge in [-0.3, -0.25) is 0 Å². The Kier molecular flexibility index (Phi) is 5.89. The fraction of sp³-hybridized carbons (Fsp3) is 0.222. The Labute approximate surface area is 161 Å². The smallest absolute Gasteiger partial charge is 0.191 e. The Bertz CT molecular complexity index is 865. The summed E-state index contributed by atoms with van der Waals surface area (Å²) in [5, 5.41) is 10.8. The number of hydrogen-bond donors (Lipinski definition) is 0. The Morgan fingerprint density at radius 3 is 2.52 bits per heavy atom. The van der Waals surface area contributed by atoms with Crippen molar-refractivity contribution in [2.45, 2.75) is 17.3 Å². The number of rotatable bonds is 6. The number of nitrogens with zero attached hydrogens (tertiary/aromatic N) is 3. The van der Waals surface area contributed by atoms with Crippen LogP contribution < -0.4 is 4.74 Å². The maximum atomic E-state index is 6.22. The standard InChI is InChI=1S/C18H17Cl2N3OS/c1-23-17(9-12-3-7-15(24-2)8-4-12)21-22-18(23)25-11-13-5-6-14(19)10-16(13)20/h3-8,10H,9,11H2,1-2H3. The second-order valence-corrected chi connectivity index (χ2v) is 7.29. The van der Waals surface area contributed by atoms with E-state index in [0.717, 1.165) is 34.3 Å². The van der Waals surface area contributed by atoms with Crippen LogP contribution in [0.3, 0.4) is 0 Å². The average molecular weight is 394 g/mol. The van der Waals surface area contributed by atoms with E-state index in [4.69, 9.17) is 27.9 Å². The van der Waals surface area contributed by atoms with Gasteiger partial charge in [-0.15, -0.1) is 10.2 Å². The maximum Gasteiger partial charge on any atom is 0.191 e. The number of aromatic nitrogens is 3. The molecule has 25 heavy (non-hydrogen) atoms. The van der Waals surface area contributed by atoms with Crippen molar-refractivity contribution in [3.8, 4) is 5.75 Å². The summed E-state index contributed by atoms with van der Waals surface area (Å²) in [6, 6.07) is 13.5. The first-order valence-corrected chi connectivity index (χ1v) is 9.39. The van der Waals surface area contributed by atoms with Crippen molar-refractivity contribution < 1.29 is 4.74 Å². The second-order valence-electron chi connectivity index (χ2n) is 5.51. The summed E-state index contributed by atoms with van der Waals surface area (Å²) in [6.07, 6.45) is 0.718. The monoisotopic (exact) mass is 393 g/mol. The van der Waals surface area contributed by atoms with Crippen LogP contribution in [0.5, 0.6) is 5.75 Å². The molecule has 0 aliphatic heterocycles. The second kappa shape index (κ2) is 8.13. The van der Waals surface area contributed by atoms with Crippen molar-refractivity contribution in [2.24, 2.45) is 7.05 Å². The molecule has 0 bridgehead atoms. The van der Waals surface area contributed by atoms with Crippen LogP contribution in [-0.4, -0.2) is 21.9 Å². The summed E-state index contributed by atoms with van der Waals surface area (Å²) in [4.78, 5) is 0. The molecular weight excluding hydrogens is 377 g/mol. The first-order chi connectivity index (χ1) is 12.1. The molecule has 0 aliphatic carbocycles. The number of halogens is 2. The third kappa shape index (κ3) is 4.48. The molecule has 0 fully saturated rings. The van der Waals surface area contributed by atoms with Gasteiger partial charge < -0.3 is 9.30 Å². The zero-order valence-corrected chi connectivity index (χ0v) is 16.2. The lowest BCUT2D eigenvalue weighted by molar-refractivity contribution is 0.414. The molecule has 2 aromatic carbocycles. The van der Waals surface area contributed by atoms with E-state index in [9.17, 15) is 0 Å². The molecule has 130 valence electrons. The first kappa shape index (κ1) is 18.1. The minimum absolute atomic E-state index is 0.638. The van der Waals surface area contributed by atoms with Gasteiger partial charge >= 0.3 is 0 Å². The highest BCUT2D eigenvalue weighted by Gasteiger charge is 2.11. The van der Waals surface area contributed by atoms with E-state index >= 15 is 0 Å². The minimum Gasteiger partial charge on any atom is -0.497 e. The summed E-state index contributed by atoms with van der Waals surface area (Å²) in [5.74, 6) is 2.47. The zero-order chi connectivity index (χ0) is 17.8. The van der Waals surface area contributed by atoms with Crippen molar-refractivity contribution in [3.05, 3.63) is 69.5 Å². The van der Waals surface area contributed by atoms with E-state index in [0.29, 0.717) is 15.8 Å².